The molecule has 1 spiro atoms. The molecule has 0 radical (unpaired) electrons. The van der Waals surface area contributed by atoms with Crippen molar-refractivity contribution in [2.75, 3.05) is 0 Å². The van der Waals surface area contributed by atoms with Crippen LogP contribution in [0, 0.1) is 28.6 Å². The SMILES string of the molecule is C[C@@H]1CC[C@H]2C(C)(C)[C@H]3C[C@]12CC[C@@]3(C)O. The molecule has 1 heteroatoms. The summed E-state index contributed by atoms with van der Waals surface area (Å²) in [7, 11) is 0. The van der Waals surface area contributed by atoms with Gasteiger partial charge in [-0.2, -0.15) is 0 Å². The second kappa shape index (κ2) is 2.85. The highest BCUT2D eigenvalue weighted by atomic mass is 16.3. The Hall–Kier alpha value is -0.0400. The van der Waals surface area contributed by atoms with Gasteiger partial charge in [0.25, 0.3) is 0 Å². The Morgan fingerprint density at radius 3 is 2.38 bits per heavy atom. The summed E-state index contributed by atoms with van der Waals surface area (Å²) in [5.74, 6) is 2.29. The first-order chi connectivity index (χ1) is 7.31. The van der Waals surface area contributed by atoms with Crippen molar-refractivity contribution in [1.29, 1.82) is 0 Å². The molecule has 1 N–H and O–H groups in total. The molecule has 0 aliphatic heterocycles. The molecule has 0 heterocycles. The average Bonchev–Trinajstić information content (AvgIpc) is 2.58. The molecule has 3 aliphatic carbocycles. The summed E-state index contributed by atoms with van der Waals surface area (Å²) in [6.45, 7) is 9.38. The van der Waals surface area contributed by atoms with Gasteiger partial charge in [-0.05, 0) is 67.6 Å². The fraction of sp³-hybridized carbons (Fsp3) is 1.00. The lowest BCUT2D eigenvalue weighted by atomic mass is 9.64. The lowest BCUT2D eigenvalue weighted by molar-refractivity contribution is -0.0717. The van der Waals surface area contributed by atoms with E-state index < -0.39 is 5.60 Å². The molecule has 3 fully saturated rings. The first kappa shape index (κ1) is 11.1. The van der Waals surface area contributed by atoms with Crippen molar-refractivity contribution in [1.82, 2.24) is 0 Å². The van der Waals surface area contributed by atoms with Crippen molar-refractivity contribution >= 4 is 0 Å². The van der Waals surface area contributed by atoms with E-state index >= 15 is 0 Å². The van der Waals surface area contributed by atoms with Crippen LogP contribution in [0.1, 0.15) is 59.8 Å². The molecule has 3 rings (SSSR count). The highest BCUT2D eigenvalue weighted by Crippen LogP contribution is 2.73. The minimum absolute atomic E-state index is 0.352. The van der Waals surface area contributed by atoms with Crippen LogP contribution in [0.3, 0.4) is 0 Å². The molecule has 1 nitrogen and oxygen atoms in total. The number of hydrogen-bond donors (Lipinski definition) is 1. The normalized spacial score (nSPS) is 58.7. The largest absolute Gasteiger partial charge is 0.390 e. The van der Waals surface area contributed by atoms with Crippen LogP contribution in [0.25, 0.3) is 0 Å². The third kappa shape index (κ3) is 1.06. The summed E-state index contributed by atoms with van der Waals surface area (Å²) < 4.78 is 0. The van der Waals surface area contributed by atoms with Gasteiger partial charge in [-0.3, -0.25) is 0 Å². The van der Waals surface area contributed by atoms with Crippen LogP contribution in [0.4, 0.5) is 0 Å². The minimum Gasteiger partial charge on any atom is -0.390 e. The smallest absolute Gasteiger partial charge is 0.0653 e. The quantitative estimate of drug-likeness (QED) is 0.664. The van der Waals surface area contributed by atoms with Crippen molar-refractivity contribution in [2.45, 2.75) is 65.4 Å². The second-order valence-electron chi connectivity index (χ2n) is 7.70. The third-order valence-electron chi connectivity index (χ3n) is 6.79. The van der Waals surface area contributed by atoms with Crippen LogP contribution in [0.5, 0.6) is 0 Å². The first-order valence-corrected chi connectivity index (χ1v) is 7.03. The van der Waals surface area contributed by atoms with E-state index in [1.807, 2.05) is 0 Å². The molecule has 0 aromatic carbocycles. The number of hydrogen-bond acceptors (Lipinski definition) is 1. The lowest BCUT2D eigenvalue weighted by Gasteiger charge is -2.44. The highest BCUT2D eigenvalue weighted by Gasteiger charge is 2.67. The molecule has 0 aromatic heterocycles. The van der Waals surface area contributed by atoms with Crippen LogP contribution >= 0.6 is 0 Å². The van der Waals surface area contributed by atoms with Gasteiger partial charge in [0.05, 0.1) is 5.60 Å². The fourth-order valence-corrected chi connectivity index (χ4v) is 5.88. The van der Waals surface area contributed by atoms with Gasteiger partial charge < -0.3 is 5.11 Å². The Morgan fingerprint density at radius 1 is 1.00 bits per heavy atom. The second-order valence-corrected chi connectivity index (χ2v) is 7.70. The van der Waals surface area contributed by atoms with Crippen LogP contribution in [0.2, 0.25) is 0 Å². The van der Waals surface area contributed by atoms with Crippen LogP contribution in [-0.2, 0) is 0 Å². The predicted octanol–water partition coefficient (Wildman–Crippen LogP) is 3.61. The van der Waals surface area contributed by atoms with E-state index in [2.05, 4.69) is 27.7 Å². The fourth-order valence-electron chi connectivity index (χ4n) is 5.88. The zero-order valence-electron chi connectivity index (χ0n) is 11.2. The van der Waals surface area contributed by atoms with E-state index in [0.717, 1.165) is 18.3 Å². The van der Waals surface area contributed by atoms with Gasteiger partial charge in [-0.25, -0.2) is 0 Å². The van der Waals surface area contributed by atoms with Gasteiger partial charge in [0.2, 0.25) is 0 Å². The molecule has 92 valence electrons. The van der Waals surface area contributed by atoms with Gasteiger partial charge >= 0.3 is 0 Å². The van der Waals surface area contributed by atoms with Crippen LogP contribution < -0.4 is 0 Å². The predicted molar refractivity (Wildman–Crippen MR) is 66.1 cm³/mol. The van der Waals surface area contributed by atoms with E-state index in [4.69, 9.17) is 0 Å². The summed E-state index contributed by atoms with van der Waals surface area (Å²) >= 11 is 0. The lowest BCUT2D eigenvalue weighted by Crippen LogP contribution is -2.44. The molecule has 3 aliphatic rings. The first-order valence-electron chi connectivity index (χ1n) is 7.03. The van der Waals surface area contributed by atoms with Gasteiger partial charge in [-0.1, -0.05) is 20.8 Å². The molecule has 0 amide bonds. The third-order valence-corrected chi connectivity index (χ3v) is 6.79. The highest BCUT2D eigenvalue weighted by molar-refractivity contribution is 5.16. The van der Waals surface area contributed by atoms with Crippen molar-refractivity contribution < 1.29 is 5.11 Å². The summed E-state index contributed by atoms with van der Waals surface area (Å²) in [5, 5.41) is 10.6. The molecular formula is C15H26O. The van der Waals surface area contributed by atoms with Crippen molar-refractivity contribution in [3.8, 4) is 0 Å². The zero-order chi connectivity index (χ0) is 11.8. The standard InChI is InChI=1S/C15H26O/c1-10-5-6-11-13(2,3)12-9-15(10,11)8-7-14(12,4)16/h10-12,16H,5-9H2,1-4H3/t10-,11+,12-,14-,15-/m1/s1. The van der Waals surface area contributed by atoms with Gasteiger partial charge in [-0.15, -0.1) is 0 Å². The number of rotatable bonds is 0. The Morgan fingerprint density at radius 2 is 1.69 bits per heavy atom. The Bertz CT molecular complexity index is 313. The van der Waals surface area contributed by atoms with Gasteiger partial charge in [0, 0.05) is 0 Å². The molecule has 0 aromatic rings. The topological polar surface area (TPSA) is 20.2 Å². The Kier molecular flexibility index (Phi) is 1.98. The summed E-state index contributed by atoms with van der Waals surface area (Å²) in [6.07, 6.45) is 6.41. The van der Waals surface area contributed by atoms with Crippen molar-refractivity contribution in [3.05, 3.63) is 0 Å². The van der Waals surface area contributed by atoms with E-state index in [1.165, 1.54) is 25.7 Å². The van der Waals surface area contributed by atoms with Crippen molar-refractivity contribution in [2.24, 2.45) is 28.6 Å². The van der Waals surface area contributed by atoms with E-state index in [-0.39, 0.29) is 0 Å². The molecule has 3 saturated carbocycles. The maximum Gasteiger partial charge on any atom is 0.0653 e. The van der Waals surface area contributed by atoms with Gasteiger partial charge in [0.15, 0.2) is 0 Å². The zero-order valence-corrected chi connectivity index (χ0v) is 11.2. The van der Waals surface area contributed by atoms with Crippen LogP contribution in [0.15, 0.2) is 0 Å². The Balaban J connectivity index is 2.07. The van der Waals surface area contributed by atoms with Gasteiger partial charge in [0.1, 0.15) is 0 Å². The number of fused-ring (bicyclic) bond motifs is 1. The number of aliphatic hydroxyl groups is 1. The maximum atomic E-state index is 10.6. The summed E-state index contributed by atoms with van der Waals surface area (Å²) in [6, 6.07) is 0. The van der Waals surface area contributed by atoms with E-state index in [1.54, 1.807) is 0 Å². The maximum absolute atomic E-state index is 10.6. The van der Waals surface area contributed by atoms with Crippen molar-refractivity contribution in [3.63, 3.8) is 0 Å². The Labute approximate surface area is 99.6 Å². The summed E-state index contributed by atoms with van der Waals surface area (Å²) in [4.78, 5) is 0. The molecule has 2 bridgehead atoms. The van der Waals surface area contributed by atoms with E-state index in [9.17, 15) is 5.11 Å². The molecule has 0 unspecified atom stereocenters. The molecular weight excluding hydrogens is 196 g/mol. The van der Waals surface area contributed by atoms with E-state index in [0.29, 0.717) is 16.7 Å². The summed E-state index contributed by atoms with van der Waals surface area (Å²) in [5.41, 5.74) is 0.542. The molecule has 0 saturated heterocycles. The molecule has 16 heavy (non-hydrogen) atoms. The average molecular weight is 222 g/mol. The molecule has 5 atom stereocenters. The monoisotopic (exact) mass is 222 g/mol. The minimum atomic E-state index is -0.404. The van der Waals surface area contributed by atoms with Crippen LogP contribution in [-0.4, -0.2) is 10.7 Å².